The zero-order chi connectivity index (χ0) is 17.1. The van der Waals surface area contributed by atoms with Gasteiger partial charge in [0, 0.05) is 17.9 Å². The minimum Gasteiger partial charge on any atom is -0.491 e. The standard InChI is InChI=1S/C20H24N2O2/c1-14(2)24-16-7-3-6-15(12-16)13-20(23)22-11-5-8-17-18(21)9-4-10-19(17)22/h3-4,6-7,9-10,12,14H,5,8,11,13,21H2,1-2H3. The van der Waals surface area contributed by atoms with Crippen molar-refractivity contribution < 1.29 is 9.53 Å². The van der Waals surface area contributed by atoms with Crippen LogP contribution >= 0.6 is 0 Å². The molecule has 0 spiro atoms. The summed E-state index contributed by atoms with van der Waals surface area (Å²) < 4.78 is 5.71. The van der Waals surface area contributed by atoms with Crippen molar-refractivity contribution >= 4 is 17.3 Å². The Morgan fingerprint density at radius 3 is 2.83 bits per heavy atom. The number of hydrogen-bond donors (Lipinski definition) is 1. The zero-order valence-electron chi connectivity index (χ0n) is 14.3. The molecule has 0 atom stereocenters. The first-order valence-electron chi connectivity index (χ1n) is 8.48. The minimum atomic E-state index is 0.100. The Morgan fingerprint density at radius 2 is 2.04 bits per heavy atom. The van der Waals surface area contributed by atoms with Crippen LogP contribution in [0.2, 0.25) is 0 Å². The highest BCUT2D eigenvalue weighted by molar-refractivity contribution is 5.96. The summed E-state index contributed by atoms with van der Waals surface area (Å²) in [5.41, 5.74) is 9.86. The fraction of sp³-hybridized carbons (Fsp3) is 0.350. The van der Waals surface area contributed by atoms with Crippen LogP contribution in [0.1, 0.15) is 31.4 Å². The van der Waals surface area contributed by atoms with Gasteiger partial charge in [0.05, 0.1) is 12.5 Å². The fourth-order valence-electron chi connectivity index (χ4n) is 3.18. The summed E-state index contributed by atoms with van der Waals surface area (Å²) in [6, 6.07) is 13.6. The molecule has 0 saturated carbocycles. The first-order chi connectivity index (χ1) is 11.5. The lowest BCUT2D eigenvalue weighted by molar-refractivity contribution is -0.118. The topological polar surface area (TPSA) is 55.6 Å². The van der Waals surface area contributed by atoms with E-state index in [9.17, 15) is 4.79 Å². The molecule has 1 aliphatic heterocycles. The maximum absolute atomic E-state index is 12.8. The smallest absolute Gasteiger partial charge is 0.231 e. The second kappa shape index (κ2) is 6.95. The SMILES string of the molecule is CC(C)Oc1cccc(CC(=O)N2CCCc3c(N)cccc32)c1. The summed E-state index contributed by atoms with van der Waals surface area (Å²) >= 11 is 0. The Morgan fingerprint density at radius 1 is 1.25 bits per heavy atom. The van der Waals surface area contributed by atoms with Crippen LogP contribution in [0, 0.1) is 0 Å². The molecule has 0 bridgehead atoms. The van der Waals surface area contributed by atoms with E-state index in [0.717, 1.165) is 47.6 Å². The minimum absolute atomic E-state index is 0.100. The van der Waals surface area contributed by atoms with Crippen molar-refractivity contribution in [2.24, 2.45) is 0 Å². The summed E-state index contributed by atoms with van der Waals surface area (Å²) in [5.74, 6) is 0.904. The third-order valence-corrected chi connectivity index (χ3v) is 4.21. The molecule has 1 amide bonds. The molecule has 0 aromatic heterocycles. The molecule has 2 aromatic carbocycles. The zero-order valence-corrected chi connectivity index (χ0v) is 14.3. The van der Waals surface area contributed by atoms with Crippen LogP contribution in [0.4, 0.5) is 11.4 Å². The van der Waals surface area contributed by atoms with Crippen molar-refractivity contribution in [3.05, 3.63) is 53.6 Å². The van der Waals surface area contributed by atoms with Gasteiger partial charge in [-0.3, -0.25) is 4.79 Å². The number of nitrogens with zero attached hydrogens (tertiary/aromatic N) is 1. The summed E-state index contributed by atoms with van der Waals surface area (Å²) in [6.45, 7) is 4.73. The van der Waals surface area contributed by atoms with Gasteiger partial charge < -0.3 is 15.4 Å². The van der Waals surface area contributed by atoms with Crippen LogP contribution in [0.25, 0.3) is 0 Å². The highest BCUT2D eigenvalue weighted by Gasteiger charge is 2.23. The molecule has 2 N–H and O–H groups in total. The number of carbonyl (C=O) groups is 1. The fourth-order valence-corrected chi connectivity index (χ4v) is 3.18. The number of ether oxygens (including phenoxy) is 1. The van der Waals surface area contributed by atoms with Crippen molar-refractivity contribution in [1.82, 2.24) is 0 Å². The molecular weight excluding hydrogens is 300 g/mol. The molecule has 3 rings (SSSR count). The maximum Gasteiger partial charge on any atom is 0.231 e. The van der Waals surface area contributed by atoms with E-state index in [0.29, 0.717) is 6.42 Å². The molecule has 2 aromatic rings. The number of fused-ring (bicyclic) bond motifs is 1. The predicted octanol–water partition coefficient (Wildman–Crippen LogP) is 3.58. The molecule has 1 heterocycles. The number of amides is 1. The van der Waals surface area contributed by atoms with Gasteiger partial charge in [-0.2, -0.15) is 0 Å². The van der Waals surface area contributed by atoms with E-state index in [2.05, 4.69) is 0 Å². The van der Waals surface area contributed by atoms with Crippen LogP contribution in [-0.2, 0) is 17.6 Å². The lowest BCUT2D eigenvalue weighted by Gasteiger charge is -2.30. The van der Waals surface area contributed by atoms with Crippen molar-refractivity contribution in [3.8, 4) is 5.75 Å². The van der Waals surface area contributed by atoms with Crippen molar-refractivity contribution in [3.63, 3.8) is 0 Å². The van der Waals surface area contributed by atoms with E-state index in [1.807, 2.05) is 61.2 Å². The number of anilines is 2. The van der Waals surface area contributed by atoms with Crippen molar-refractivity contribution in [2.45, 2.75) is 39.2 Å². The normalized spacial score (nSPS) is 13.7. The number of carbonyl (C=O) groups excluding carboxylic acids is 1. The molecular formula is C20H24N2O2. The molecule has 1 aliphatic rings. The van der Waals surface area contributed by atoms with Crippen LogP contribution in [0.15, 0.2) is 42.5 Å². The van der Waals surface area contributed by atoms with E-state index in [1.54, 1.807) is 0 Å². The number of rotatable bonds is 4. The van der Waals surface area contributed by atoms with Crippen molar-refractivity contribution in [2.75, 3.05) is 17.2 Å². The Hall–Kier alpha value is -2.49. The third-order valence-electron chi connectivity index (χ3n) is 4.21. The summed E-state index contributed by atoms with van der Waals surface area (Å²) in [5, 5.41) is 0. The first kappa shape index (κ1) is 16.4. The second-order valence-electron chi connectivity index (χ2n) is 6.48. The highest BCUT2D eigenvalue weighted by Crippen LogP contribution is 2.31. The lowest BCUT2D eigenvalue weighted by Crippen LogP contribution is -2.36. The average Bonchev–Trinajstić information content (AvgIpc) is 2.54. The molecule has 126 valence electrons. The van der Waals surface area contributed by atoms with E-state index >= 15 is 0 Å². The van der Waals surface area contributed by atoms with Gasteiger partial charge in [-0.25, -0.2) is 0 Å². The largest absolute Gasteiger partial charge is 0.491 e. The van der Waals surface area contributed by atoms with Gasteiger partial charge in [-0.1, -0.05) is 18.2 Å². The monoisotopic (exact) mass is 324 g/mol. The molecule has 0 fully saturated rings. The number of nitrogen functional groups attached to an aromatic ring is 1. The third kappa shape index (κ3) is 3.53. The van der Waals surface area contributed by atoms with Crippen LogP contribution < -0.4 is 15.4 Å². The maximum atomic E-state index is 12.8. The van der Waals surface area contributed by atoms with Gasteiger partial charge in [0.25, 0.3) is 0 Å². The van der Waals surface area contributed by atoms with Crippen LogP contribution in [0.3, 0.4) is 0 Å². The highest BCUT2D eigenvalue weighted by atomic mass is 16.5. The van der Waals surface area contributed by atoms with Gasteiger partial charge in [0.15, 0.2) is 0 Å². The van der Waals surface area contributed by atoms with E-state index < -0.39 is 0 Å². The van der Waals surface area contributed by atoms with Gasteiger partial charge in [-0.05, 0) is 62.1 Å². The molecule has 0 radical (unpaired) electrons. The second-order valence-corrected chi connectivity index (χ2v) is 6.48. The predicted molar refractivity (Wildman–Crippen MR) is 97.4 cm³/mol. The Labute approximate surface area is 143 Å². The van der Waals surface area contributed by atoms with E-state index in [4.69, 9.17) is 10.5 Å². The Balaban J connectivity index is 1.78. The van der Waals surface area contributed by atoms with Gasteiger partial charge in [0.1, 0.15) is 5.75 Å². The van der Waals surface area contributed by atoms with Gasteiger partial charge >= 0.3 is 0 Å². The summed E-state index contributed by atoms with van der Waals surface area (Å²) in [6.07, 6.45) is 2.36. The number of benzene rings is 2. The summed E-state index contributed by atoms with van der Waals surface area (Å²) in [7, 11) is 0. The lowest BCUT2D eigenvalue weighted by atomic mass is 9.99. The van der Waals surface area contributed by atoms with E-state index in [-0.39, 0.29) is 12.0 Å². The molecule has 4 heteroatoms. The van der Waals surface area contributed by atoms with Crippen molar-refractivity contribution in [1.29, 1.82) is 0 Å². The first-order valence-corrected chi connectivity index (χ1v) is 8.48. The van der Waals surface area contributed by atoms with Crippen LogP contribution in [0.5, 0.6) is 5.75 Å². The molecule has 24 heavy (non-hydrogen) atoms. The van der Waals surface area contributed by atoms with Gasteiger partial charge in [-0.15, -0.1) is 0 Å². The molecule has 0 saturated heterocycles. The number of nitrogens with two attached hydrogens (primary N) is 1. The number of hydrogen-bond acceptors (Lipinski definition) is 3. The van der Waals surface area contributed by atoms with Crippen LogP contribution in [-0.4, -0.2) is 18.6 Å². The van der Waals surface area contributed by atoms with Gasteiger partial charge in [0.2, 0.25) is 5.91 Å². The quantitative estimate of drug-likeness (QED) is 0.875. The summed E-state index contributed by atoms with van der Waals surface area (Å²) in [4.78, 5) is 14.7. The Bertz CT molecular complexity index is 740. The van der Waals surface area contributed by atoms with E-state index in [1.165, 1.54) is 0 Å². The molecule has 0 aliphatic carbocycles. The molecule has 4 nitrogen and oxygen atoms in total. The Kier molecular flexibility index (Phi) is 4.74. The molecule has 0 unspecified atom stereocenters. The average molecular weight is 324 g/mol.